The molecule has 0 amide bonds. The Hall–Kier alpha value is -1.32. The van der Waals surface area contributed by atoms with Crippen molar-refractivity contribution < 1.29 is 4.92 Å². The van der Waals surface area contributed by atoms with Gasteiger partial charge in [-0.1, -0.05) is 19.9 Å². The summed E-state index contributed by atoms with van der Waals surface area (Å²) in [5.41, 5.74) is 1.13. The first-order valence-electron chi connectivity index (χ1n) is 6.32. The molecule has 0 aromatic heterocycles. The van der Waals surface area contributed by atoms with Crippen molar-refractivity contribution in [3.05, 3.63) is 34.0 Å². The standard InChI is InChI=1S/C13H20N2O2/c1-10-6-11(2)9-14(8-10)12-4-3-5-13(7-12)15(16)17/h3-5,10-11,13H,6-9H2,1-2H3. The molecule has 0 spiro atoms. The molecule has 3 atom stereocenters. The number of likely N-dealkylation sites (tertiary alicyclic amines) is 1. The minimum absolute atomic E-state index is 0.194. The summed E-state index contributed by atoms with van der Waals surface area (Å²) in [5.74, 6) is 1.36. The second-order valence-corrected chi connectivity index (χ2v) is 5.45. The highest BCUT2D eigenvalue weighted by atomic mass is 16.6. The third-order valence-electron chi connectivity index (χ3n) is 3.59. The number of rotatable bonds is 2. The van der Waals surface area contributed by atoms with Gasteiger partial charge >= 0.3 is 0 Å². The minimum Gasteiger partial charge on any atom is -0.374 e. The molecule has 17 heavy (non-hydrogen) atoms. The lowest BCUT2D eigenvalue weighted by Gasteiger charge is -2.38. The van der Waals surface area contributed by atoms with Gasteiger partial charge in [0.15, 0.2) is 0 Å². The highest BCUT2D eigenvalue weighted by Crippen LogP contribution is 2.27. The molecule has 94 valence electrons. The van der Waals surface area contributed by atoms with Crippen LogP contribution >= 0.6 is 0 Å². The van der Waals surface area contributed by atoms with E-state index in [9.17, 15) is 10.1 Å². The molecule has 0 aromatic rings. The zero-order valence-electron chi connectivity index (χ0n) is 10.5. The Balaban J connectivity index is 2.05. The van der Waals surface area contributed by atoms with E-state index in [0.717, 1.165) is 18.8 Å². The van der Waals surface area contributed by atoms with E-state index in [1.165, 1.54) is 6.42 Å². The molecule has 0 radical (unpaired) electrons. The van der Waals surface area contributed by atoms with Gasteiger partial charge in [-0.25, -0.2) is 0 Å². The Bertz CT molecular complexity index is 352. The molecular formula is C13H20N2O2. The summed E-state index contributed by atoms with van der Waals surface area (Å²) in [6.45, 7) is 6.59. The minimum atomic E-state index is -0.539. The molecule has 0 aromatic carbocycles. The molecule has 3 unspecified atom stereocenters. The van der Waals surface area contributed by atoms with E-state index in [1.807, 2.05) is 12.2 Å². The molecule has 4 heteroatoms. The van der Waals surface area contributed by atoms with E-state index < -0.39 is 6.04 Å². The zero-order valence-corrected chi connectivity index (χ0v) is 10.5. The molecule has 0 N–H and O–H groups in total. The first kappa shape index (κ1) is 12.1. The van der Waals surface area contributed by atoms with Gasteiger partial charge in [0, 0.05) is 23.7 Å². The summed E-state index contributed by atoms with van der Waals surface area (Å²) >= 11 is 0. The van der Waals surface area contributed by atoms with Gasteiger partial charge in [0.25, 0.3) is 0 Å². The monoisotopic (exact) mass is 236 g/mol. The molecule has 4 nitrogen and oxygen atoms in total. The Morgan fingerprint density at radius 2 is 2.00 bits per heavy atom. The number of allylic oxidation sites excluding steroid dienone is 2. The number of hydrogen-bond donors (Lipinski definition) is 0. The quantitative estimate of drug-likeness (QED) is 0.546. The molecule has 0 saturated carbocycles. The average molecular weight is 236 g/mol. The molecular weight excluding hydrogens is 216 g/mol. The maximum Gasteiger partial charge on any atom is 0.237 e. The van der Waals surface area contributed by atoms with Gasteiger partial charge in [-0.2, -0.15) is 0 Å². The maximum absolute atomic E-state index is 10.8. The van der Waals surface area contributed by atoms with E-state index in [4.69, 9.17) is 0 Å². The van der Waals surface area contributed by atoms with E-state index >= 15 is 0 Å². The van der Waals surface area contributed by atoms with Crippen LogP contribution in [0.4, 0.5) is 0 Å². The molecule has 1 aliphatic carbocycles. The highest BCUT2D eigenvalue weighted by Gasteiger charge is 2.28. The normalized spacial score (nSPS) is 33.4. The molecule has 1 heterocycles. The lowest BCUT2D eigenvalue weighted by Crippen LogP contribution is -2.39. The van der Waals surface area contributed by atoms with Gasteiger partial charge < -0.3 is 4.90 Å². The van der Waals surface area contributed by atoms with E-state index in [2.05, 4.69) is 18.7 Å². The van der Waals surface area contributed by atoms with Crippen molar-refractivity contribution in [2.45, 2.75) is 32.7 Å². The van der Waals surface area contributed by atoms with Gasteiger partial charge in [0.05, 0.1) is 6.42 Å². The highest BCUT2D eigenvalue weighted by molar-refractivity contribution is 5.20. The molecule has 0 bridgehead atoms. The smallest absolute Gasteiger partial charge is 0.237 e. The third kappa shape index (κ3) is 2.87. The summed E-state index contributed by atoms with van der Waals surface area (Å²) in [4.78, 5) is 13.0. The molecule has 2 aliphatic rings. The van der Waals surface area contributed by atoms with Crippen LogP contribution in [0.15, 0.2) is 23.9 Å². The second-order valence-electron chi connectivity index (χ2n) is 5.45. The fraction of sp³-hybridized carbons (Fsp3) is 0.692. The third-order valence-corrected chi connectivity index (χ3v) is 3.59. The number of nitrogens with zero attached hydrogens (tertiary/aromatic N) is 2. The Morgan fingerprint density at radius 1 is 1.35 bits per heavy atom. The van der Waals surface area contributed by atoms with E-state index in [0.29, 0.717) is 18.3 Å². The first-order chi connectivity index (χ1) is 8.06. The van der Waals surface area contributed by atoms with Crippen LogP contribution in [0.2, 0.25) is 0 Å². The Labute approximate surface area is 102 Å². The van der Waals surface area contributed by atoms with Crippen molar-refractivity contribution in [1.82, 2.24) is 4.90 Å². The van der Waals surface area contributed by atoms with Crippen LogP contribution in [0.25, 0.3) is 0 Å². The Morgan fingerprint density at radius 3 is 2.59 bits per heavy atom. The summed E-state index contributed by atoms with van der Waals surface area (Å²) in [6.07, 6.45) is 7.35. The van der Waals surface area contributed by atoms with Crippen molar-refractivity contribution in [3.63, 3.8) is 0 Å². The first-order valence-corrected chi connectivity index (χ1v) is 6.32. The number of piperidine rings is 1. The van der Waals surface area contributed by atoms with Crippen LogP contribution in [0.1, 0.15) is 26.7 Å². The predicted octanol–water partition coefficient (Wildman–Crippen LogP) is 2.45. The van der Waals surface area contributed by atoms with Crippen LogP contribution in [0.3, 0.4) is 0 Å². The van der Waals surface area contributed by atoms with Crippen LogP contribution in [0, 0.1) is 22.0 Å². The molecule has 1 fully saturated rings. The maximum atomic E-state index is 10.8. The molecule has 1 aliphatic heterocycles. The van der Waals surface area contributed by atoms with Crippen LogP contribution in [-0.4, -0.2) is 29.0 Å². The lowest BCUT2D eigenvalue weighted by atomic mass is 9.90. The fourth-order valence-electron chi connectivity index (χ4n) is 2.92. The zero-order chi connectivity index (χ0) is 12.4. The van der Waals surface area contributed by atoms with Crippen molar-refractivity contribution >= 4 is 0 Å². The van der Waals surface area contributed by atoms with Gasteiger partial charge in [-0.05, 0) is 30.4 Å². The summed E-state index contributed by atoms with van der Waals surface area (Å²) in [7, 11) is 0. The van der Waals surface area contributed by atoms with Gasteiger partial charge in [0.1, 0.15) is 0 Å². The van der Waals surface area contributed by atoms with Gasteiger partial charge in [-0.15, -0.1) is 0 Å². The molecule has 2 rings (SSSR count). The van der Waals surface area contributed by atoms with Crippen molar-refractivity contribution in [1.29, 1.82) is 0 Å². The fourth-order valence-corrected chi connectivity index (χ4v) is 2.92. The van der Waals surface area contributed by atoms with Crippen LogP contribution < -0.4 is 0 Å². The van der Waals surface area contributed by atoms with Gasteiger partial charge in [0.2, 0.25) is 6.04 Å². The average Bonchev–Trinajstić information content (AvgIpc) is 2.28. The van der Waals surface area contributed by atoms with Gasteiger partial charge in [-0.3, -0.25) is 10.1 Å². The molecule has 1 saturated heterocycles. The number of hydrogen-bond acceptors (Lipinski definition) is 3. The van der Waals surface area contributed by atoms with Crippen molar-refractivity contribution in [3.8, 4) is 0 Å². The van der Waals surface area contributed by atoms with E-state index in [1.54, 1.807) is 6.08 Å². The van der Waals surface area contributed by atoms with Crippen molar-refractivity contribution in [2.75, 3.05) is 13.1 Å². The van der Waals surface area contributed by atoms with E-state index in [-0.39, 0.29) is 4.92 Å². The summed E-state index contributed by atoms with van der Waals surface area (Å²) in [6, 6.07) is -0.539. The second kappa shape index (κ2) is 4.90. The SMILES string of the molecule is CC1CC(C)CN(C2=CC=CC([N+](=O)[O-])C2)C1. The van der Waals surface area contributed by atoms with Crippen LogP contribution in [0.5, 0.6) is 0 Å². The summed E-state index contributed by atoms with van der Waals surface area (Å²) in [5, 5.41) is 10.8. The van der Waals surface area contributed by atoms with Crippen molar-refractivity contribution in [2.24, 2.45) is 11.8 Å². The topological polar surface area (TPSA) is 46.4 Å². The largest absolute Gasteiger partial charge is 0.374 e. The number of nitro groups is 1. The van der Waals surface area contributed by atoms with Crippen LogP contribution in [-0.2, 0) is 0 Å². The predicted molar refractivity (Wildman–Crippen MR) is 67.1 cm³/mol. The summed E-state index contributed by atoms with van der Waals surface area (Å²) < 4.78 is 0. The lowest BCUT2D eigenvalue weighted by molar-refractivity contribution is -0.509. The Kier molecular flexibility index (Phi) is 3.50.